The van der Waals surface area contributed by atoms with Crippen molar-refractivity contribution in [3.05, 3.63) is 12.2 Å². The highest BCUT2D eigenvalue weighted by atomic mass is 16.6. The van der Waals surface area contributed by atoms with Gasteiger partial charge in [-0.2, -0.15) is 0 Å². The minimum atomic E-state index is -1.09. The van der Waals surface area contributed by atoms with Crippen molar-refractivity contribution in [2.75, 3.05) is 13.2 Å². The topological polar surface area (TPSA) is 105 Å². The molecule has 0 aromatic heterocycles. The van der Waals surface area contributed by atoms with Crippen LogP contribution in [0.15, 0.2) is 12.2 Å². The van der Waals surface area contributed by atoms with Gasteiger partial charge in [-0.25, -0.2) is 19.2 Å². The zero-order valence-electron chi connectivity index (χ0n) is 13.0. The maximum Gasteiger partial charge on any atom is 0.347 e. The lowest BCUT2D eigenvalue weighted by molar-refractivity contribution is -0.164. The van der Waals surface area contributed by atoms with Crippen molar-refractivity contribution in [1.29, 1.82) is 0 Å². The van der Waals surface area contributed by atoms with Crippen molar-refractivity contribution in [3.63, 3.8) is 0 Å². The van der Waals surface area contributed by atoms with Gasteiger partial charge in [0.2, 0.25) is 0 Å². The summed E-state index contributed by atoms with van der Waals surface area (Å²) in [6, 6.07) is 0. The smallest absolute Gasteiger partial charge is 0.347 e. The Labute approximate surface area is 128 Å². The molecule has 0 fully saturated rings. The highest BCUT2D eigenvalue weighted by molar-refractivity contribution is 5.93. The van der Waals surface area contributed by atoms with Crippen molar-refractivity contribution in [2.45, 2.75) is 39.9 Å². The quantitative estimate of drug-likeness (QED) is 0.363. The van der Waals surface area contributed by atoms with Crippen LogP contribution < -0.4 is 0 Å². The summed E-state index contributed by atoms with van der Waals surface area (Å²) in [6.45, 7) is 6.24. The Morgan fingerprint density at radius 1 is 0.773 bits per heavy atom. The Kier molecular flexibility index (Phi) is 9.24. The molecule has 0 heterocycles. The molecule has 0 amide bonds. The van der Waals surface area contributed by atoms with Gasteiger partial charge in [0.1, 0.15) is 0 Å². The van der Waals surface area contributed by atoms with Crippen LogP contribution in [0.2, 0.25) is 0 Å². The van der Waals surface area contributed by atoms with Gasteiger partial charge in [0.15, 0.2) is 12.2 Å². The van der Waals surface area contributed by atoms with E-state index in [2.05, 4.69) is 9.47 Å². The second-order valence-electron chi connectivity index (χ2n) is 4.00. The Hall–Kier alpha value is -2.38. The molecule has 124 valence electrons. The second-order valence-corrected chi connectivity index (χ2v) is 4.00. The van der Waals surface area contributed by atoms with Gasteiger partial charge in [-0.1, -0.05) is 0 Å². The molecule has 0 rings (SSSR count). The second kappa shape index (κ2) is 10.4. The van der Waals surface area contributed by atoms with Gasteiger partial charge in [0.25, 0.3) is 0 Å². The SMILES string of the molecule is CCOC(=O)[C@H](C)OC(=O)/C=C\C(=O)O[C@H](C)C(=O)OCC. The average Bonchev–Trinajstić information content (AvgIpc) is 2.45. The average molecular weight is 316 g/mol. The molecule has 0 saturated heterocycles. The number of rotatable bonds is 8. The predicted molar refractivity (Wildman–Crippen MR) is 73.5 cm³/mol. The van der Waals surface area contributed by atoms with Crippen LogP contribution in [0.25, 0.3) is 0 Å². The minimum Gasteiger partial charge on any atom is -0.463 e. The Balaban J connectivity index is 4.29. The normalized spacial score (nSPS) is 13.1. The highest BCUT2D eigenvalue weighted by Gasteiger charge is 2.19. The standard InChI is InChI=1S/C14H20O8/c1-5-19-13(17)9(3)21-11(15)7-8-12(16)22-10(4)14(18)20-6-2/h7-10H,5-6H2,1-4H3/b8-7-/t9-,10+. The molecule has 0 bridgehead atoms. The van der Waals surface area contributed by atoms with E-state index in [0.29, 0.717) is 0 Å². The molecule has 0 unspecified atom stereocenters. The third-order valence-corrected chi connectivity index (χ3v) is 2.18. The lowest BCUT2D eigenvalue weighted by atomic mass is 10.4. The van der Waals surface area contributed by atoms with Crippen molar-refractivity contribution in [1.82, 2.24) is 0 Å². The largest absolute Gasteiger partial charge is 0.463 e. The molecule has 22 heavy (non-hydrogen) atoms. The van der Waals surface area contributed by atoms with E-state index in [-0.39, 0.29) is 13.2 Å². The number of ether oxygens (including phenoxy) is 4. The number of hydrogen-bond acceptors (Lipinski definition) is 8. The molecule has 0 radical (unpaired) electrons. The first-order valence-corrected chi connectivity index (χ1v) is 6.74. The Morgan fingerprint density at radius 3 is 1.36 bits per heavy atom. The zero-order valence-corrected chi connectivity index (χ0v) is 13.0. The Morgan fingerprint density at radius 2 is 1.09 bits per heavy atom. The van der Waals surface area contributed by atoms with Crippen LogP contribution in [0, 0.1) is 0 Å². The van der Waals surface area contributed by atoms with Gasteiger partial charge in [-0.3, -0.25) is 0 Å². The van der Waals surface area contributed by atoms with Gasteiger partial charge < -0.3 is 18.9 Å². The van der Waals surface area contributed by atoms with E-state index in [1.807, 2.05) is 0 Å². The maximum absolute atomic E-state index is 11.4. The summed E-state index contributed by atoms with van der Waals surface area (Å²) in [4.78, 5) is 45.2. The van der Waals surface area contributed by atoms with Gasteiger partial charge in [-0.05, 0) is 27.7 Å². The number of carbonyl (C=O) groups is 4. The lowest BCUT2D eigenvalue weighted by Crippen LogP contribution is -2.26. The zero-order chi connectivity index (χ0) is 17.1. The molecular weight excluding hydrogens is 296 g/mol. The summed E-state index contributed by atoms with van der Waals surface area (Å²) < 4.78 is 18.7. The Bertz CT molecular complexity index is 400. The predicted octanol–water partition coefficient (Wildman–Crippen LogP) is 0.532. The first kappa shape index (κ1) is 19.6. The molecule has 8 heteroatoms. The first-order chi connectivity index (χ1) is 10.3. The molecule has 0 aromatic rings. The fraction of sp³-hybridized carbons (Fsp3) is 0.571. The van der Waals surface area contributed by atoms with E-state index in [9.17, 15) is 19.2 Å². The van der Waals surface area contributed by atoms with Gasteiger partial charge in [0.05, 0.1) is 13.2 Å². The maximum atomic E-state index is 11.4. The first-order valence-electron chi connectivity index (χ1n) is 6.74. The monoisotopic (exact) mass is 316 g/mol. The van der Waals surface area contributed by atoms with E-state index >= 15 is 0 Å². The molecule has 0 aliphatic heterocycles. The molecule has 0 aliphatic carbocycles. The summed E-state index contributed by atoms with van der Waals surface area (Å²) in [5, 5.41) is 0. The third kappa shape index (κ3) is 8.03. The molecule has 8 nitrogen and oxygen atoms in total. The van der Waals surface area contributed by atoms with E-state index < -0.39 is 36.1 Å². The molecular formula is C14H20O8. The van der Waals surface area contributed by atoms with Gasteiger partial charge in [0, 0.05) is 12.2 Å². The molecule has 0 saturated carbocycles. The van der Waals surface area contributed by atoms with Crippen LogP contribution in [0.5, 0.6) is 0 Å². The summed E-state index contributed by atoms with van der Waals surface area (Å²) in [5.41, 5.74) is 0. The summed E-state index contributed by atoms with van der Waals surface area (Å²) in [7, 11) is 0. The summed E-state index contributed by atoms with van der Waals surface area (Å²) >= 11 is 0. The lowest BCUT2D eigenvalue weighted by Gasteiger charge is -2.11. The van der Waals surface area contributed by atoms with Crippen LogP contribution in [-0.2, 0) is 38.1 Å². The van der Waals surface area contributed by atoms with Crippen LogP contribution >= 0.6 is 0 Å². The van der Waals surface area contributed by atoms with Gasteiger partial charge >= 0.3 is 23.9 Å². The number of hydrogen-bond donors (Lipinski definition) is 0. The van der Waals surface area contributed by atoms with E-state index in [4.69, 9.17) is 9.47 Å². The molecule has 0 spiro atoms. The van der Waals surface area contributed by atoms with Crippen molar-refractivity contribution in [3.8, 4) is 0 Å². The molecule has 0 N–H and O–H groups in total. The fourth-order valence-corrected chi connectivity index (χ4v) is 1.18. The van der Waals surface area contributed by atoms with Gasteiger partial charge in [-0.15, -0.1) is 0 Å². The van der Waals surface area contributed by atoms with Crippen molar-refractivity contribution in [2.24, 2.45) is 0 Å². The molecule has 0 aliphatic rings. The highest BCUT2D eigenvalue weighted by Crippen LogP contribution is 1.99. The van der Waals surface area contributed by atoms with E-state index in [1.165, 1.54) is 13.8 Å². The van der Waals surface area contributed by atoms with E-state index in [0.717, 1.165) is 12.2 Å². The summed E-state index contributed by atoms with van der Waals surface area (Å²) in [6.07, 6.45) is -0.607. The summed E-state index contributed by atoms with van der Waals surface area (Å²) in [5.74, 6) is -3.21. The third-order valence-electron chi connectivity index (χ3n) is 2.18. The van der Waals surface area contributed by atoms with Crippen molar-refractivity contribution < 1.29 is 38.1 Å². The van der Waals surface area contributed by atoms with Crippen molar-refractivity contribution >= 4 is 23.9 Å². The number of esters is 4. The minimum absolute atomic E-state index is 0.161. The molecule has 0 aromatic carbocycles. The van der Waals surface area contributed by atoms with E-state index in [1.54, 1.807) is 13.8 Å². The number of carbonyl (C=O) groups excluding carboxylic acids is 4. The van der Waals surface area contributed by atoms with Crippen LogP contribution in [0.4, 0.5) is 0 Å². The fourth-order valence-electron chi connectivity index (χ4n) is 1.18. The van der Waals surface area contributed by atoms with Crippen LogP contribution in [0.3, 0.4) is 0 Å². The molecule has 2 atom stereocenters. The van der Waals surface area contributed by atoms with Crippen LogP contribution in [0.1, 0.15) is 27.7 Å². The van der Waals surface area contributed by atoms with Crippen LogP contribution in [-0.4, -0.2) is 49.3 Å².